The number of ether oxygens (including phenoxy) is 2. The summed E-state index contributed by atoms with van der Waals surface area (Å²) in [5, 5.41) is 3.42. The molecule has 3 nitrogen and oxygen atoms in total. The van der Waals surface area contributed by atoms with Crippen molar-refractivity contribution in [2.75, 3.05) is 20.3 Å². The van der Waals surface area contributed by atoms with Crippen LogP contribution in [0.1, 0.15) is 25.3 Å². The molecular formula is C15H21NO2. The first-order valence-electron chi connectivity index (χ1n) is 6.50. The third kappa shape index (κ3) is 3.77. The molecule has 0 aromatic heterocycles. The Labute approximate surface area is 109 Å². The molecule has 18 heavy (non-hydrogen) atoms. The number of allylic oxidation sites excluding steroid dienone is 1. The predicted molar refractivity (Wildman–Crippen MR) is 74.2 cm³/mol. The van der Waals surface area contributed by atoms with E-state index in [2.05, 4.69) is 5.32 Å². The van der Waals surface area contributed by atoms with Crippen molar-refractivity contribution in [3.05, 3.63) is 29.8 Å². The van der Waals surface area contributed by atoms with Gasteiger partial charge in [-0.25, -0.2) is 0 Å². The van der Waals surface area contributed by atoms with E-state index < -0.39 is 0 Å². The highest BCUT2D eigenvalue weighted by Gasteiger charge is 2.19. The van der Waals surface area contributed by atoms with E-state index in [1.807, 2.05) is 37.3 Å². The van der Waals surface area contributed by atoms with Crippen LogP contribution in [-0.4, -0.2) is 26.3 Å². The molecule has 0 unspecified atom stereocenters. The Kier molecular flexibility index (Phi) is 4.65. The second kappa shape index (κ2) is 6.45. The number of hydrogen-bond donors (Lipinski definition) is 1. The molecule has 0 heterocycles. The Morgan fingerprint density at radius 3 is 2.83 bits per heavy atom. The third-order valence-corrected chi connectivity index (χ3v) is 2.92. The van der Waals surface area contributed by atoms with Gasteiger partial charge in [-0.2, -0.15) is 0 Å². The van der Waals surface area contributed by atoms with Crippen molar-refractivity contribution in [1.82, 2.24) is 5.32 Å². The Hall–Kier alpha value is -1.48. The Morgan fingerprint density at radius 2 is 2.17 bits per heavy atom. The zero-order valence-electron chi connectivity index (χ0n) is 11.1. The SMILES string of the molecule is CC=Cc1ccc(OCCNC2CC2)c(OC)c1. The monoisotopic (exact) mass is 247 g/mol. The summed E-state index contributed by atoms with van der Waals surface area (Å²) >= 11 is 0. The van der Waals surface area contributed by atoms with Crippen molar-refractivity contribution in [3.8, 4) is 11.5 Å². The minimum Gasteiger partial charge on any atom is -0.493 e. The molecule has 0 spiro atoms. The minimum absolute atomic E-state index is 0.676. The minimum atomic E-state index is 0.676. The average Bonchev–Trinajstić information content (AvgIpc) is 3.20. The molecule has 0 saturated heterocycles. The fourth-order valence-electron chi connectivity index (χ4n) is 1.81. The largest absolute Gasteiger partial charge is 0.493 e. The zero-order chi connectivity index (χ0) is 12.8. The maximum absolute atomic E-state index is 5.73. The first-order valence-corrected chi connectivity index (χ1v) is 6.50. The highest BCUT2D eigenvalue weighted by molar-refractivity contribution is 5.55. The van der Waals surface area contributed by atoms with Crippen LogP contribution >= 0.6 is 0 Å². The Bertz CT molecular complexity index is 411. The Morgan fingerprint density at radius 1 is 1.33 bits per heavy atom. The molecule has 0 amide bonds. The highest BCUT2D eigenvalue weighted by atomic mass is 16.5. The van der Waals surface area contributed by atoms with Gasteiger partial charge < -0.3 is 14.8 Å². The van der Waals surface area contributed by atoms with Crippen molar-refractivity contribution in [2.45, 2.75) is 25.8 Å². The first-order chi connectivity index (χ1) is 8.83. The van der Waals surface area contributed by atoms with Crippen molar-refractivity contribution in [1.29, 1.82) is 0 Å². The van der Waals surface area contributed by atoms with Gasteiger partial charge in [0.05, 0.1) is 7.11 Å². The van der Waals surface area contributed by atoms with Gasteiger partial charge in [0, 0.05) is 12.6 Å². The summed E-state index contributed by atoms with van der Waals surface area (Å²) in [5.74, 6) is 1.60. The number of rotatable bonds is 7. The topological polar surface area (TPSA) is 30.5 Å². The van der Waals surface area contributed by atoms with Gasteiger partial charge in [0.2, 0.25) is 0 Å². The first kappa shape index (κ1) is 13.0. The quantitative estimate of drug-likeness (QED) is 0.752. The summed E-state index contributed by atoms with van der Waals surface area (Å²) in [6.07, 6.45) is 6.67. The normalized spacial score (nSPS) is 15.0. The summed E-state index contributed by atoms with van der Waals surface area (Å²) in [5.41, 5.74) is 1.12. The number of methoxy groups -OCH3 is 1. The lowest BCUT2D eigenvalue weighted by Crippen LogP contribution is -2.22. The van der Waals surface area contributed by atoms with E-state index in [9.17, 15) is 0 Å². The van der Waals surface area contributed by atoms with Crippen LogP contribution in [0.3, 0.4) is 0 Å². The summed E-state index contributed by atoms with van der Waals surface area (Å²) in [4.78, 5) is 0. The molecule has 1 fully saturated rings. The van der Waals surface area contributed by atoms with Gasteiger partial charge in [0.25, 0.3) is 0 Å². The number of benzene rings is 1. The van der Waals surface area contributed by atoms with E-state index in [0.29, 0.717) is 6.61 Å². The van der Waals surface area contributed by atoms with Gasteiger partial charge in [0.1, 0.15) is 6.61 Å². The fourth-order valence-corrected chi connectivity index (χ4v) is 1.81. The standard InChI is InChI=1S/C15H21NO2/c1-3-4-12-5-8-14(15(11-12)17-2)18-10-9-16-13-6-7-13/h3-5,8,11,13,16H,6-7,9-10H2,1-2H3. The van der Waals surface area contributed by atoms with Crippen LogP contribution in [0.15, 0.2) is 24.3 Å². The fraction of sp³-hybridized carbons (Fsp3) is 0.467. The predicted octanol–water partition coefficient (Wildman–Crippen LogP) is 2.86. The van der Waals surface area contributed by atoms with Crippen molar-refractivity contribution >= 4 is 6.08 Å². The molecule has 1 aromatic carbocycles. The van der Waals surface area contributed by atoms with E-state index in [0.717, 1.165) is 29.6 Å². The molecule has 0 aliphatic heterocycles. The van der Waals surface area contributed by atoms with Gasteiger partial charge in [-0.1, -0.05) is 18.2 Å². The number of hydrogen-bond acceptors (Lipinski definition) is 3. The average molecular weight is 247 g/mol. The molecule has 1 aliphatic rings. The van der Waals surface area contributed by atoms with Crippen LogP contribution in [0.2, 0.25) is 0 Å². The van der Waals surface area contributed by atoms with Crippen LogP contribution in [0.25, 0.3) is 6.08 Å². The molecule has 0 radical (unpaired) electrons. The molecule has 1 N–H and O–H groups in total. The van der Waals surface area contributed by atoms with Crippen molar-refractivity contribution in [2.24, 2.45) is 0 Å². The van der Waals surface area contributed by atoms with E-state index in [4.69, 9.17) is 9.47 Å². The molecule has 0 atom stereocenters. The molecule has 3 heteroatoms. The molecule has 0 bridgehead atoms. The highest BCUT2D eigenvalue weighted by Crippen LogP contribution is 2.28. The smallest absolute Gasteiger partial charge is 0.161 e. The van der Waals surface area contributed by atoms with E-state index in [-0.39, 0.29) is 0 Å². The van der Waals surface area contributed by atoms with Gasteiger partial charge in [-0.05, 0) is 37.5 Å². The lowest BCUT2D eigenvalue weighted by atomic mass is 10.2. The van der Waals surface area contributed by atoms with Crippen molar-refractivity contribution < 1.29 is 9.47 Å². The van der Waals surface area contributed by atoms with E-state index >= 15 is 0 Å². The third-order valence-electron chi connectivity index (χ3n) is 2.92. The lowest BCUT2D eigenvalue weighted by Gasteiger charge is -2.11. The van der Waals surface area contributed by atoms with Crippen LogP contribution in [0.5, 0.6) is 11.5 Å². The van der Waals surface area contributed by atoms with Crippen LogP contribution in [0.4, 0.5) is 0 Å². The lowest BCUT2D eigenvalue weighted by molar-refractivity contribution is 0.292. The maximum Gasteiger partial charge on any atom is 0.161 e. The zero-order valence-corrected chi connectivity index (χ0v) is 11.1. The molecule has 1 saturated carbocycles. The van der Waals surface area contributed by atoms with Gasteiger partial charge >= 0.3 is 0 Å². The van der Waals surface area contributed by atoms with Gasteiger partial charge in [0.15, 0.2) is 11.5 Å². The second-order valence-corrected chi connectivity index (χ2v) is 4.49. The Balaban J connectivity index is 1.89. The van der Waals surface area contributed by atoms with Crippen LogP contribution in [0, 0.1) is 0 Å². The van der Waals surface area contributed by atoms with E-state index in [1.54, 1.807) is 7.11 Å². The molecular weight excluding hydrogens is 226 g/mol. The second-order valence-electron chi connectivity index (χ2n) is 4.49. The van der Waals surface area contributed by atoms with E-state index in [1.165, 1.54) is 12.8 Å². The molecule has 98 valence electrons. The molecule has 2 rings (SSSR count). The molecule has 1 aliphatic carbocycles. The van der Waals surface area contributed by atoms with Crippen molar-refractivity contribution in [3.63, 3.8) is 0 Å². The van der Waals surface area contributed by atoms with Crippen LogP contribution in [-0.2, 0) is 0 Å². The van der Waals surface area contributed by atoms with Gasteiger partial charge in [-0.3, -0.25) is 0 Å². The molecule has 1 aromatic rings. The number of nitrogens with one attached hydrogen (secondary N) is 1. The van der Waals surface area contributed by atoms with Gasteiger partial charge in [-0.15, -0.1) is 0 Å². The summed E-state index contributed by atoms with van der Waals surface area (Å²) in [6, 6.07) is 6.72. The summed E-state index contributed by atoms with van der Waals surface area (Å²) < 4.78 is 11.1. The maximum atomic E-state index is 5.73. The van der Waals surface area contributed by atoms with Crippen LogP contribution < -0.4 is 14.8 Å². The summed E-state index contributed by atoms with van der Waals surface area (Å²) in [7, 11) is 1.67. The summed E-state index contributed by atoms with van der Waals surface area (Å²) in [6.45, 7) is 3.57.